The Kier molecular flexibility index (Phi) is 3.03. The molecule has 3 nitrogen and oxygen atoms in total. The zero-order valence-electron chi connectivity index (χ0n) is 10.6. The minimum Gasteiger partial charge on any atom is -0.378 e. The number of nitrogens with zero attached hydrogens (tertiary/aromatic N) is 1. The smallest absolute Gasteiger partial charge is 0.0725 e. The molecule has 0 aliphatic rings. The number of fused-ring (bicyclic) bond motifs is 1. The van der Waals surface area contributed by atoms with Crippen LogP contribution in [0.2, 0.25) is 0 Å². The Labute approximate surface area is 102 Å². The molecule has 0 aliphatic carbocycles. The standard InChI is InChI=1S/C14H19N3/c1-10-8-13(17-14(2,3)9-15)11-6-4-5-7-12(11)16-10/h4-8H,9,15H2,1-3H3,(H,16,17). The van der Waals surface area contributed by atoms with Gasteiger partial charge in [-0.3, -0.25) is 4.98 Å². The average molecular weight is 229 g/mol. The predicted molar refractivity (Wildman–Crippen MR) is 73.2 cm³/mol. The molecule has 1 heterocycles. The molecule has 1 aromatic carbocycles. The predicted octanol–water partition coefficient (Wildman–Crippen LogP) is 2.69. The lowest BCUT2D eigenvalue weighted by molar-refractivity contribution is 0.581. The van der Waals surface area contributed by atoms with Gasteiger partial charge in [-0.1, -0.05) is 18.2 Å². The zero-order chi connectivity index (χ0) is 12.5. The molecule has 1 aromatic heterocycles. The highest BCUT2D eigenvalue weighted by Crippen LogP contribution is 2.25. The summed E-state index contributed by atoms with van der Waals surface area (Å²) in [6, 6.07) is 10.2. The van der Waals surface area contributed by atoms with Crippen LogP contribution >= 0.6 is 0 Å². The highest BCUT2D eigenvalue weighted by molar-refractivity contribution is 5.91. The van der Waals surface area contributed by atoms with Crippen LogP contribution in [0.4, 0.5) is 5.69 Å². The second-order valence-electron chi connectivity index (χ2n) is 5.04. The van der Waals surface area contributed by atoms with E-state index in [4.69, 9.17) is 5.73 Å². The summed E-state index contributed by atoms with van der Waals surface area (Å²) in [6.45, 7) is 6.78. The van der Waals surface area contributed by atoms with Crippen molar-refractivity contribution in [2.45, 2.75) is 26.3 Å². The van der Waals surface area contributed by atoms with E-state index in [-0.39, 0.29) is 5.54 Å². The number of anilines is 1. The Morgan fingerprint density at radius 1 is 1.29 bits per heavy atom. The SMILES string of the molecule is Cc1cc(NC(C)(C)CN)c2ccccc2n1. The van der Waals surface area contributed by atoms with E-state index in [9.17, 15) is 0 Å². The maximum atomic E-state index is 5.76. The first-order chi connectivity index (χ1) is 8.02. The van der Waals surface area contributed by atoms with E-state index in [0.29, 0.717) is 6.54 Å². The summed E-state index contributed by atoms with van der Waals surface area (Å²) in [5.74, 6) is 0. The second kappa shape index (κ2) is 4.34. The number of aryl methyl sites for hydroxylation is 1. The fourth-order valence-electron chi connectivity index (χ4n) is 1.83. The summed E-state index contributed by atoms with van der Waals surface area (Å²) >= 11 is 0. The maximum Gasteiger partial charge on any atom is 0.0725 e. The summed E-state index contributed by atoms with van der Waals surface area (Å²) in [4.78, 5) is 4.52. The fourth-order valence-corrected chi connectivity index (χ4v) is 1.83. The van der Waals surface area contributed by atoms with Crippen LogP contribution in [-0.4, -0.2) is 17.1 Å². The van der Waals surface area contributed by atoms with Gasteiger partial charge >= 0.3 is 0 Å². The van der Waals surface area contributed by atoms with Crippen molar-refractivity contribution in [3.63, 3.8) is 0 Å². The Balaban J connectivity index is 2.53. The van der Waals surface area contributed by atoms with Crippen LogP contribution in [-0.2, 0) is 0 Å². The second-order valence-corrected chi connectivity index (χ2v) is 5.04. The molecule has 0 aliphatic heterocycles. The van der Waals surface area contributed by atoms with Gasteiger partial charge in [0.2, 0.25) is 0 Å². The van der Waals surface area contributed by atoms with Crippen LogP contribution in [0.1, 0.15) is 19.5 Å². The van der Waals surface area contributed by atoms with Crippen LogP contribution in [0.25, 0.3) is 10.9 Å². The largest absolute Gasteiger partial charge is 0.378 e. The van der Waals surface area contributed by atoms with Gasteiger partial charge in [0.15, 0.2) is 0 Å². The number of aromatic nitrogens is 1. The summed E-state index contributed by atoms with van der Waals surface area (Å²) < 4.78 is 0. The molecule has 2 rings (SSSR count). The van der Waals surface area contributed by atoms with Crippen molar-refractivity contribution >= 4 is 16.6 Å². The summed E-state index contributed by atoms with van der Waals surface area (Å²) in [7, 11) is 0. The van der Waals surface area contributed by atoms with Gasteiger partial charge in [-0.15, -0.1) is 0 Å². The van der Waals surface area contributed by atoms with Crippen LogP contribution < -0.4 is 11.1 Å². The normalized spacial score (nSPS) is 11.8. The first-order valence-corrected chi connectivity index (χ1v) is 5.86. The van der Waals surface area contributed by atoms with Gasteiger partial charge in [0.25, 0.3) is 0 Å². The molecule has 90 valence electrons. The Morgan fingerprint density at radius 3 is 2.71 bits per heavy atom. The number of para-hydroxylation sites is 1. The van der Waals surface area contributed by atoms with Gasteiger partial charge in [0.05, 0.1) is 5.52 Å². The highest BCUT2D eigenvalue weighted by Gasteiger charge is 2.16. The minimum absolute atomic E-state index is 0.115. The van der Waals surface area contributed by atoms with Crippen molar-refractivity contribution in [3.05, 3.63) is 36.0 Å². The first kappa shape index (κ1) is 11.9. The number of pyridine rings is 1. The van der Waals surface area contributed by atoms with Crippen molar-refractivity contribution in [2.24, 2.45) is 5.73 Å². The molecule has 0 bridgehead atoms. The van der Waals surface area contributed by atoms with Crippen molar-refractivity contribution in [1.82, 2.24) is 4.98 Å². The van der Waals surface area contributed by atoms with Gasteiger partial charge in [-0.2, -0.15) is 0 Å². The fraction of sp³-hybridized carbons (Fsp3) is 0.357. The van der Waals surface area contributed by atoms with E-state index in [1.165, 1.54) is 0 Å². The van der Waals surface area contributed by atoms with E-state index in [1.54, 1.807) is 0 Å². The minimum atomic E-state index is -0.115. The maximum absolute atomic E-state index is 5.76. The number of nitrogens with two attached hydrogens (primary N) is 1. The van der Waals surface area contributed by atoms with Crippen LogP contribution in [0.5, 0.6) is 0 Å². The third-order valence-electron chi connectivity index (χ3n) is 2.83. The van der Waals surface area contributed by atoms with E-state index >= 15 is 0 Å². The number of hydrogen-bond acceptors (Lipinski definition) is 3. The molecule has 3 heteroatoms. The Morgan fingerprint density at radius 2 is 2.00 bits per heavy atom. The van der Waals surface area contributed by atoms with Crippen LogP contribution in [0.15, 0.2) is 30.3 Å². The first-order valence-electron chi connectivity index (χ1n) is 5.86. The molecule has 2 aromatic rings. The molecule has 0 fully saturated rings. The van der Waals surface area contributed by atoms with E-state index < -0.39 is 0 Å². The lowest BCUT2D eigenvalue weighted by Crippen LogP contribution is -2.39. The quantitative estimate of drug-likeness (QED) is 0.850. The molecule has 17 heavy (non-hydrogen) atoms. The van der Waals surface area contributed by atoms with Gasteiger partial charge < -0.3 is 11.1 Å². The average Bonchev–Trinajstić information content (AvgIpc) is 2.28. The Hall–Kier alpha value is -1.61. The third-order valence-corrected chi connectivity index (χ3v) is 2.83. The lowest BCUT2D eigenvalue weighted by Gasteiger charge is -2.26. The number of hydrogen-bond donors (Lipinski definition) is 2. The monoisotopic (exact) mass is 229 g/mol. The highest BCUT2D eigenvalue weighted by atomic mass is 15.0. The molecular formula is C14H19N3. The van der Waals surface area contributed by atoms with Crippen molar-refractivity contribution in [2.75, 3.05) is 11.9 Å². The molecular weight excluding hydrogens is 210 g/mol. The molecule has 0 unspecified atom stereocenters. The molecule has 0 amide bonds. The van der Waals surface area contributed by atoms with Crippen LogP contribution in [0.3, 0.4) is 0 Å². The molecule has 0 saturated carbocycles. The molecule has 0 spiro atoms. The molecule has 0 atom stereocenters. The van der Waals surface area contributed by atoms with Gasteiger partial charge in [-0.25, -0.2) is 0 Å². The summed E-state index contributed by atoms with van der Waals surface area (Å²) in [5, 5.41) is 4.63. The van der Waals surface area contributed by atoms with Gasteiger partial charge in [0.1, 0.15) is 0 Å². The molecule has 0 saturated heterocycles. The van der Waals surface area contributed by atoms with E-state index in [2.05, 4.69) is 36.3 Å². The van der Waals surface area contributed by atoms with E-state index in [1.807, 2.05) is 25.1 Å². The summed E-state index contributed by atoms with van der Waals surface area (Å²) in [6.07, 6.45) is 0. The van der Waals surface area contributed by atoms with Crippen molar-refractivity contribution < 1.29 is 0 Å². The lowest BCUT2D eigenvalue weighted by atomic mass is 10.0. The topological polar surface area (TPSA) is 50.9 Å². The van der Waals surface area contributed by atoms with Crippen LogP contribution in [0, 0.1) is 6.92 Å². The zero-order valence-corrected chi connectivity index (χ0v) is 10.6. The number of nitrogens with one attached hydrogen (secondary N) is 1. The number of benzene rings is 1. The molecule has 0 radical (unpaired) electrons. The third kappa shape index (κ3) is 2.56. The van der Waals surface area contributed by atoms with Gasteiger partial charge in [0, 0.05) is 28.9 Å². The van der Waals surface area contributed by atoms with E-state index in [0.717, 1.165) is 22.3 Å². The van der Waals surface area contributed by atoms with Crippen molar-refractivity contribution in [1.29, 1.82) is 0 Å². The number of rotatable bonds is 3. The van der Waals surface area contributed by atoms with Gasteiger partial charge in [-0.05, 0) is 32.9 Å². The van der Waals surface area contributed by atoms with Crippen molar-refractivity contribution in [3.8, 4) is 0 Å². The summed E-state index contributed by atoms with van der Waals surface area (Å²) in [5.41, 5.74) is 8.77. The molecule has 3 N–H and O–H groups in total. The Bertz CT molecular complexity index is 532.